The largest absolute Gasteiger partial charge is 0.385 e. The van der Waals surface area contributed by atoms with Crippen molar-refractivity contribution >= 4 is 5.69 Å². The molecule has 0 unspecified atom stereocenters. The number of anilines is 1. The molecule has 0 amide bonds. The molecular formula is C15H21N3. The minimum Gasteiger partial charge on any atom is -0.385 e. The Kier molecular flexibility index (Phi) is 4.03. The van der Waals surface area contributed by atoms with E-state index in [1.165, 1.54) is 16.8 Å². The van der Waals surface area contributed by atoms with Gasteiger partial charge in [0.15, 0.2) is 0 Å². The van der Waals surface area contributed by atoms with Crippen LogP contribution in [0.15, 0.2) is 36.7 Å². The van der Waals surface area contributed by atoms with E-state index in [0.29, 0.717) is 5.92 Å². The fourth-order valence-electron chi connectivity index (χ4n) is 1.96. The number of benzene rings is 1. The van der Waals surface area contributed by atoms with Crippen LogP contribution in [0.3, 0.4) is 0 Å². The van der Waals surface area contributed by atoms with Gasteiger partial charge >= 0.3 is 0 Å². The highest BCUT2D eigenvalue weighted by Gasteiger charge is 2.00. The molecule has 0 aliphatic rings. The zero-order valence-corrected chi connectivity index (χ0v) is 11.4. The van der Waals surface area contributed by atoms with Crippen molar-refractivity contribution in [1.29, 1.82) is 0 Å². The predicted octanol–water partition coefficient (Wildman–Crippen LogP) is 3.20. The molecule has 0 saturated carbocycles. The van der Waals surface area contributed by atoms with E-state index >= 15 is 0 Å². The molecule has 3 nitrogen and oxygen atoms in total. The first-order chi connectivity index (χ1) is 8.65. The van der Waals surface area contributed by atoms with Crippen molar-refractivity contribution in [3.63, 3.8) is 0 Å². The minimum atomic E-state index is 0.574. The van der Waals surface area contributed by atoms with Gasteiger partial charge in [0.1, 0.15) is 0 Å². The molecule has 0 aliphatic heterocycles. The highest BCUT2D eigenvalue weighted by molar-refractivity contribution is 5.46. The quantitative estimate of drug-likeness (QED) is 0.874. The SMILES string of the molecule is CC(C)c1cccc(NCCc2cnn(C)c2)c1. The smallest absolute Gasteiger partial charge is 0.0522 e. The van der Waals surface area contributed by atoms with Crippen molar-refractivity contribution < 1.29 is 0 Å². The van der Waals surface area contributed by atoms with Gasteiger partial charge in [-0.1, -0.05) is 26.0 Å². The van der Waals surface area contributed by atoms with Crippen LogP contribution >= 0.6 is 0 Å². The number of rotatable bonds is 5. The Morgan fingerprint density at radius 2 is 2.17 bits per heavy atom. The molecule has 1 N–H and O–H groups in total. The molecule has 96 valence electrons. The Labute approximate surface area is 109 Å². The summed E-state index contributed by atoms with van der Waals surface area (Å²) in [5.74, 6) is 0.574. The van der Waals surface area contributed by atoms with Crippen molar-refractivity contribution in [3.05, 3.63) is 47.8 Å². The first-order valence-electron chi connectivity index (χ1n) is 6.46. The monoisotopic (exact) mass is 243 g/mol. The van der Waals surface area contributed by atoms with Gasteiger partial charge in [0.2, 0.25) is 0 Å². The summed E-state index contributed by atoms with van der Waals surface area (Å²) in [4.78, 5) is 0. The number of hydrogen-bond acceptors (Lipinski definition) is 2. The van der Waals surface area contributed by atoms with Crippen LogP contribution < -0.4 is 5.32 Å². The Bertz CT molecular complexity index is 500. The molecule has 0 atom stereocenters. The Hall–Kier alpha value is -1.77. The summed E-state index contributed by atoms with van der Waals surface area (Å²) in [6, 6.07) is 8.64. The van der Waals surface area contributed by atoms with Gasteiger partial charge in [0, 0.05) is 25.5 Å². The van der Waals surface area contributed by atoms with E-state index in [2.05, 4.69) is 54.7 Å². The summed E-state index contributed by atoms with van der Waals surface area (Å²) in [7, 11) is 1.95. The Morgan fingerprint density at radius 3 is 2.83 bits per heavy atom. The first-order valence-corrected chi connectivity index (χ1v) is 6.46. The van der Waals surface area contributed by atoms with Crippen LogP contribution in [0.2, 0.25) is 0 Å². The Morgan fingerprint density at radius 1 is 1.33 bits per heavy atom. The van der Waals surface area contributed by atoms with Gasteiger partial charge < -0.3 is 5.32 Å². The third-order valence-electron chi connectivity index (χ3n) is 3.05. The van der Waals surface area contributed by atoms with Crippen LogP contribution in [0.1, 0.15) is 30.9 Å². The van der Waals surface area contributed by atoms with Crippen LogP contribution in [-0.4, -0.2) is 16.3 Å². The third kappa shape index (κ3) is 3.36. The van der Waals surface area contributed by atoms with E-state index < -0.39 is 0 Å². The van der Waals surface area contributed by atoms with Crippen molar-refractivity contribution in [2.75, 3.05) is 11.9 Å². The summed E-state index contributed by atoms with van der Waals surface area (Å²) in [5, 5.41) is 7.63. The van der Waals surface area contributed by atoms with Crippen molar-refractivity contribution in [3.8, 4) is 0 Å². The van der Waals surface area contributed by atoms with E-state index in [1.54, 1.807) is 0 Å². The molecule has 3 heteroatoms. The average Bonchev–Trinajstić information content (AvgIpc) is 2.75. The number of aromatic nitrogens is 2. The van der Waals surface area contributed by atoms with Gasteiger partial charge in [-0.2, -0.15) is 5.10 Å². The highest BCUT2D eigenvalue weighted by atomic mass is 15.2. The van der Waals surface area contributed by atoms with E-state index in [-0.39, 0.29) is 0 Å². The number of nitrogens with zero attached hydrogens (tertiary/aromatic N) is 2. The zero-order chi connectivity index (χ0) is 13.0. The zero-order valence-electron chi connectivity index (χ0n) is 11.4. The van der Waals surface area contributed by atoms with Crippen LogP contribution in [0.25, 0.3) is 0 Å². The molecule has 0 saturated heterocycles. The molecule has 0 spiro atoms. The normalized spacial score (nSPS) is 10.9. The van der Waals surface area contributed by atoms with Gasteiger partial charge in [-0.3, -0.25) is 4.68 Å². The first kappa shape index (κ1) is 12.7. The van der Waals surface area contributed by atoms with E-state index in [9.17, 15) is 0 Å². The van der Waals surface area contributed by atoms with Crippen LogP contribution in [-0.2, 0) is 13.5 Å². The van der Waals surface area contributed by atoms with E-state index in [0.717, 1.165) is 13.0 Å². The lowest BCUT2D eigenvalue weighted by molar-refractivity contribution is 0.767. The average molecular weight is 243 g/mol. The molecule has 1 aromatic heterocycles. The topological polar surface area (TPSA) is 29.9 Å². The molecule has 0 radical (unpaired) electrons. The fraction of sp³-hybridized carbons (Fsp3) is 0.400. The van der Waals surface area contributed by atoms with Gasteiger partial charge in [-0.15, -0.1) is 0 Å². The molecule has 18 heavy (non-hydrogen) atoms. The lowest BCUT2D eigenvalue weighted by Crippen LogP contribution is -2.04. The van der Waals surface area contributed by atoms with Crippen molar-refractivity contribution in [1.82, 2.24) is 9.78 Å². The second kappa shape index (κ2) is 5.71. The van der Waals surface area contributed by atoms with Crippen LogP contribution in [0.4, 0.5) is 5.69 Å². The predicted molar refractivity (Wildman–Crippen MR) is 75.9 cm³/mol. The summed E-state index contributed by atoms with van der Waals surface area (Å²) in [6.07, 6.45) is 4.98. The maximum absolute atomic E-state index is 4.17. The van der Waals surface area contributed by atoms with E-state index in [1.807, 2.05) is 17.9 Å². The molecule has 1 heterocycles. The molecular weight excluding hydrogens is 222 g/mol. The van der Waals surface area contributed by atoms with Crippen LogP contribution in [0.5, 0.6) is 0 Å². The minimum absolute atomic E-state index is 0.574. The lowest BCUT2D eigenvalue weighted by Gasteiger charge is -2.09. The molecule has 2 rings (SSSR count). The fourth-order valence-corrected chi connectivity index (χ4v) is 1.96. The molecule has 0 fully saturated rings. The Balaban J connectivity index is 1.88. The molecule has 2 aromatic rings. The van der Waals surface area contributed by atoms with Gasteiger partial charge in [-0.05, 0) is 35.6 Å². The van der Waals surface area contributed by atoms with Crippen molar-refractivity contribution in [2.24, 2.45) is 7.05 Å². The molecule has 1 aromatic carbocycles. The maximum atomic E-state index is 4.17. The van der Waals surface area contributed by atoms with Crippen LogP contribution in [0, 0.1) is 0 Å². The highest BCUT2D eigenvalue weighted by Crippen LogP contribution is 2.18. The van der Waals surface area contributed by atoms with Gasteiger partial charge in [0.05, 0.1) is 6.20 Å². The molecule has 0 aliphatic carbocycles. The lowest BCUT2D eigenvalue weighted by atomic mass is 10.0. The number of aryl methyl sites for hydroxylation is 1. The second-order valence-electron chi connectivity index (χ2n) is 4.98. The van der Waals surface area contributed by atoms with Gasteiger partial charge in [-0.25, -0.2) is 0 Å². The third-order valence-corrected chi connectivity index (χ3v) is 3.05. The standard InChI is InChI=1S/C15H21N3/c1-12(2)14-5-4-6-15(9-14)16-8-7-13-10-17-18(3)11-13/h4-6,9-12,16H,7-8H2,1-3H3. The summed E-state index contributed by atoms with van der Waals surface area (Å²) in [5.41, 5.74) is 3.84. The maximum Gasteiger partial charge on any atom is 0.0522 e. The number of nitrogens with one attached hydrogen (secondary N) is 1. The van der Waals surface area contributed by atoms with Crippen molar-refractivity contribution in [2.45, 2.75) is 26.2 Å². The summed E-state index contributed by atoms with van der Waals surface area (Å²) >= 11 is 0. The second-order valence-corrected chi connectivity index (χ2v) is 4.98. The summed E-state index contributed by atoms with van der Waals surface area (Å²) < 4.78 is 1.84. The van der Waals surface area contributed by atoms with Gasteiger partial charge in [0.25, 0.3) is 0 Å². The number of hydrogen-bond donors (Lipinski definition) is 1. The molecule has 0 bridgehead atoms. The summed E-state index contributed by atoms with van der Waals surface area (Å²) in [6.45, 7) is 5.37. The van der Waals surface area contributed by atoms with E-state index in [4.69, 9.17) is 0 Å².